The van der Waals surface area contributed by atoms with Gasteiger partial charge >= 0.3 is 0 Å². The average molecular weight is 371 g/mol. The van der Waals surface area contributed by atoms with Gasteiger partial charge < -0.3 is 14.0 Å². The summed E-state index contributed by atoms with van der Waals surface area (Å²) in [6, 6.07) is 4.60. The Kier molecular flexibility index (Phi) is 5.04. The normalized spacial score (nSPS) is 20.9. The SMILES string of the molecule is CC(C)C(=O)N1CCc2nnc(C3CCCN3Cc3cccn3C)n2CC1. The molecule has 0 spiro atoms. The number of hydrogen-bond donors (Lipinski definition) is 0. The molecule has 2 aliphatic heterocycles. The first kappa shape index (κ1) is 18.2. The maximum Gasteiger partial charge on any atom is 0.225 e. The predicted octanol–water partition coefficient (Wildman–Crippen LogP) is 1.99. The number of hydrogen-bond acceptors (Lipinski definition) is 4. The molecule has 27 heavy (non-hydrogen) atoms. The van der Waals surface area contributed by atoms with Gasteiger partial charge in [0.2, 0.25) is 5.91 Å². The fourth-order valence-corrected chi connectivity index (χ4v) is 4.35. The van der Waals surface area contributed by atoms with E-state index in [0.717, 1.165) is 57.2 Å². The Bertz CT molecular complexity index is 807. The second-order valence-corrected chi connectivity index (χ2v) is 8.09. The number of rotatable bonds is 4. The van der Waals surface area contributed by atoms with E-state index in [1.807, 2.05) is 18.7 Å². The lowest BCUT2D eigenvalue weighted by Gasteiger charge is -2.25. The van der Waals surface area contributed by atoms with E-state index in [9.17, 15) is 4.79 Å². The van der Waals surface area contributed by atoms with Crippen molar-refractivity contribution in [3.05, 3.63) is 35.7 Å². The molecule has 4 heterocycles. The molecule has 1 fully saturated rings. The van der Waals surface area contributed by atoms with Crippen LogP contribution in [-0.4, -0.2) is 54.7 Å². The molecular weight excluding hydrogens is 340 g/mol. The summed E-state index contributed by atoms with van der Waals surface area (Å²) < 4.78 is 4.47. The number of aromatic nitrogens is 4. The van der Waals surface area contributed by atoms with E-state index in [0.29, 0.717) is 6.04 Å². The number of aryl methyl sites for hydroxylation is 1. The van der Waals surface area contributed by atoms with Crippen molar-refractivity contribution in [2.45, 2.75) is 52.2 Å². The third-order valence-corrected chi connectivity index (χ3v) is 5.94. The van der Waals surface area contributed by atoms with Crippen molar-refractivity contribution in [1.82, 2.24) is 29.1 Å². The molecule has 0 N–H and O–H groups in total. The Labute approximate surface area is 161 Å². The summed E-state index contributed by atoms with van der Waals surface area (Å²) in [5.74, 6) is 2.38. The Hall–Kier alpha value is -2.15. The lowest BCUT2D eigenvalue weighted by Crippen LogP contribution is -2.36. The fraction of sp³-hybridized carbons (Fsp3) is 0.650. The van der Waals surface area contributed by atoms with Gasteiger partial charge in [-0.05, 0) is 31.5 Å². The van der Waals surface area contributed by atoms with Crippen LogP contribution in [0.4, 0.5) is 0 Å². The maximum absolute atomic E-state index is 12.4. The van der Waals surface area contributed by atoms with Gasteiger partial charge in [-0.1, -0.05) is 13.8 Å². The zero-order valence-electron chi connectivity index (χ0n) is 16.6. The molecule has 146 valence electrons. The summed E-state index contributed by atoms with van der Waals surface area (Å²) in [5.41, 5.74) is 1.33. The molecule has 1 unspecified atom stereocenters. The smallest absolute Gasteiger partial charge is 0.225 e. The van der Waals surface area contributed by atoms with E-state index in [1.165, 1.54) is 12.1 Å². The molecule has 2 aromatic heterocycles. The topological polar surface area (TPSA) is 59.2 Å². The van der Waals surface area contributed by atoms with E-state index < -0.39 is 0 Å². The molecule has 0 saturated carbocycles. The van der Waals surface area contributed by atoms with E-state index in [4.69, 9.17) is 0 Å². The van der Waals surface area contributed by atoms with Crippen molar-refractivity contribution < 1.29 is 4.79 Å². The van der Waals surface area contributed by atoms with Crippen LogP contribution in [0.1, 0.15) is 50.1 Å². The van der Waals surface area contributed by atoms with Crippen LogP contribution in [0.15, 0.2) is 18.3 Å². The molecule has 0 aliphatic carbocycles. The highest BCUT2D eigenvalue weighted by Gasteiger charge is 2.32. The summed E-state index contributed by atoms with van der Waals surface area (Å²) in [6.07, 6.45) is 5.20. The summed E-state index contributed by atoms with van der Waals surface area (Å²) in [5, 5.41) is 9.08. The Morgan fingerprint density at radius 2 is 2.07 bits per heavy atom. The minimum atomic E-state index is 0.0450. The zero-order chi connectivity index (χ0) is 19.0. The van der Waals surface area contributed by atoms with Crippen LogP contribution in [0, 0.1) is 5.92 Å². The van der Waals surface area contributed by atoms with Gasteiger partial charge in [-0.3, -0.25) is 9.69 Å². The molecule has 7 heteroatoms. The van der Waals surface area contributed by atoms with Gasteiger partial charge in [0.1, 0.15) is 11.6 Å². The highest BCUT2D eigenvalue weighted by molar-refractivity contribution is 5.78. The minimum Gasteiger partial charge on any atom is -0.353 e. The number of amides is 1. The molecule has 0 radical (unpaired) electrons. The Morgan fingerprint density at radius 1 is 1.22 bits per heavy atom. The number of carbonyl (C=O) groups is 1. The molecule has 1 amide bonds. The first-order valence-corrected chi connectivity index (χ1v) is 10.1. The van der Waals surface area contributed by atoms with Crippen LogP contribution < -0.4 is 0 Å². The fourth-order valence-electron chi connectivity index (χ4n) is 4.35. The van der Waals surface area contributed by atoms with Crippen molar-refractivity contribution in [3.63, 3.8) is 0 Å². The molecule has 4 rings (SSSR count). The maximum atomic E-state index is 12.4. The van der Waals surface area contributed by atoms with Crippen LogP contribution >= 0.6 is 0 Å². The molecule has 2 aliphatic rings. The van der Waals surface area contributed by atoms with Crippen molar-refractivity contribution in [2.75, 3.05) is 19.6 Å². The summed E-state index contributed by atoms with van der Waals surface area (Å²) in [4.78, 5) is 16.9. The summed E-state index contributed by atoms with van der Waals surface area (Å²) >= 11 is 0. The Morgan fingerprint density at radius 3 is 2.81 bits per heavy atom. The second-order valence-electron chi connectivity index (χ2n) is 8.09. The lowest BCUT2D eigenvalue weighted by molar-refractivity contribution is -0.134. The van der Waals surface area contributed by atoms with Crippen molar-refractivity contribution in [3.8, 4) is 0 Å². The van der Waals surface area contributed by atoms with Crippen molar-refractivity contribution in [2.24, 2.45) is 13.0 Å². The Balaban J connectivity index is 1.52. The first-order valence-electron chi connectivity index (χ1n) is 10.1. The second kappa shape index (κ2) is 7.46. The summed E-state index contributed by atoms with van der Waals surface area (Å²) in [7, 11) is 2.10. The van der Waals surface area contributed by atoms with Gasteiger partial charge in [0.15, 0.2) is 0 Å². The molecule has 1 atom stereocenters. The number of carbonyl (C=O) groups excluding carboxylic acids is 1. The third-order valence-electron chi connectivity index (χ3n) is 5.94. The van der Waals surface area contributed by atoms with E-state index in [2.05, 4.69) is 49.6 Å². The predicted molar refractivity (Wildman–Crippen MR) is 103 cm³/mol. The highest BCUT2D eigenvalue weighted by Crippen LogP contribution is 2.33. The van der Waals surface area contributed by atoms with Crippen molar-refractivity contribution in [1.29, 1.82) is 0 Å². The van der Waals surface area contributed by atoms with Crippen LogP contribution in [0.3, 0.4) is 0 Å². The molecule has 0 aromatic carbocycles. The third kappa shape index (κ3) is 3.52. The standard InChI is InChI=1S/C20H30N6O/c1-15(2)20(27)24-11-8-18-21-22-19(26(18)13-12-24)17-7-5-10-25(17)14-16-6-4-9-23(16)3/h4,6,9,15,17H,5,7-8,10-14H2,1-3H3. The van der Waals surface area contributed by atoms with Gasteiger partial charge in [-0.25, -0.2) is 0 Å². The van der Waals surface area contributed by atoms with Gasteiger partial charge in [0, 0.05) is 57.5 Å². The number of fused-ring (bicyclic) bond motifs is 1. The first-order chi connectivity index (χ1) is 13.0. The highest BCUT2D eigenvalue weighted by atomic mass is 16.2. The van der Waals surface area contributed by atoms with Crippen LogP contribution in [0.5, 0.6) is 0 Å². The van der Waals surface area contributed by atoms with Crippen molar-refractivity contribution >= 4 is 5.91 Å². The van der Waals surface area contributed by atoms with E-state index in [1.54, 1.807) is 0 Å². The quantitative estimate of drug-likeness (QED) is 0.826. The minimum absolute atomic E-state index is 0.0450. The van der Waals surface area contributed by atoms with Crippen LogP contribution in [0.2, 0.25) is 0 Å². The van der Waals surface area contributed by atoms with Gasteiger partial charge in [-0.15, -0.1) is 10.2 Å². The van der Waals surface area contributed by atoms with Gasteiger partial charge in [0.25, 0.3) is 0 Å². The zero-order valence-corrected chi connectivity index (χ0v) is 16.6. The molecule has 2 aromatic rings. The lowest BCUT2D eigenvalue weighted by atomic mass is 10.2. The molecule has 1 saturated heterocycles. The molecule has 0 bridgehead atoms. The van der Waals surface area contributed by atoms with Crippen LogP contribution in [0.25, 0.3) is 0 Å². The largest absolute Gasteiger partial charge is 0.353 e. The van der Waals surface area contributed by atoms with E-state index in [-0.39, 0.29) is 11.8 Å². The van der Waals surface area contributed by atoms with E-state index >= 15 is 0 Å². The molecular formula is C20H30N6O. The number of nitrogens with zero attached hydrogens (tertiary/aromatic N) is 6. The van der Waals surface area contributed by atoms with Gasteiger partial charge in [-0.2, -0.15) is 0 Å². The molecule has 7 nitrogen and oxygen atoms in total. The summed E-state index contributed by atoms with van der Waals surface area (Å²) in [6.45, 7) is 8.26. The monoisotopic (exact) mass is 370 g/mol. The van der Waals surface area contributed by atoms with Crippen LogP contribution in [-0.2, 0) is 31.4 Å². The van der Waals surface area contributed by atoms with Gasteiger partial charge in [0.05, 0.1) is 6.04 Å². The number of likely N-dealkylation sites (tertiary alicyclic amines) is 1. The average Bonchev–Trinajstić information content (AvgIpc) is 3.33.